The van der Waals surface area contributed by atoms with Crippen molar-refractivity contribution in [3.8, 4) is 0 Å². The molecule has 1 aliphatic heterocycles. The summed E-state index contributed by atoms with van der Waals surface area (Å²) in [5.74, 6) is 0. The number of rotatable bonds is 0. The van der Waals surface area contributed by atoms with Gasteiger partial charge in [-0.2, -0.15) is 0 Å². The molecule has 0 N–H and O–H groups in total. The fourth-order valence-corrected chi connectivity index (χ4v) is 1.94. The molecule has 0 bridgehead atoms. The Morgan fingerprint density at radius 3 is 3.00 bits per heavy atom. The van der Waals surface area contributed by atoms with Crippen molar-refractivity contribution in [2.75, 3.05) is 0 Å². The van der Waals surface area contributed by atoms with Crippen molar-refractivity contribution in [2.45, 2.75) is 4.90 Å². The number of benzene rings is 1. The monoisotopic (exact) mass is 177 g/mol. The van der Waals surface area contributed by atoms with Gasteiger partial charge in [0, 0.05) is 23.5 Å². The van der Waals surface area contributed by atoms with Gasteiger partial charge in [0.1, 0.15) is 11.1 Å². The minimum absolute atomic E-state index is 0.780. The van der Waals surface area contributed by atoms with Crippen LogP contribution in [0, 0.1) is 0 Å². The Bertz CT molecular complexity index is 346. The van der Waals surface area contributed by atoms with E-state index in [-0.39, 0.29) is 0 Å². The van der Waals surface area contributed by atoms with E-state index in [2.05, 4.69) is 4.99 Å². The topological polar surface area (TPSA) is 35.4 Å². The summed E-state index contributed by atoms with van der Waals surface area (Å²) in [4.78, 5) is 4.91. The molecule has 0 amide bonds. The molecule has 1 aromatic rings. The Labute approximate surface area is 73.8 Å². The van der Waals surface area contributed by atoms with Gasteiger partial charge < -0.3 is 4.55 Å². The van der Waals surface area contributed by atoms with E-state index in [1.165, 1.54) is 0 Å². The van der Waals surface area contributed by atoms with Gasteiger partial charge in [-0.3, -0.25) is 4.99 Å². The lowest BCUT2D eigenvalue weighted by Crippen LogP contribution is -1.94. The van der Waals surface area contributed by atoms with Gasteiger partial charge in [-0.25, -0.2) is 0 Å². The quantitative estimate of drug-likeness (QED) is 0.558. The van der Waals surface area contributed by atoms with Gasteiger partial charge >= 0.3 is 0 Å². The molecular formula is C9H7NOS. The fraction of sp³-hybridized carbons (Fsp3) is 0. The van der Waals surface area contributed by atoms with Crippen molar-refractivity contribution >= 4 is 23.1 Å². The van der Waals surface area contributed by atoms with Crippen LogP contribution < -0.4 is 0 Å². The second kappa shape index (κ2) is 3.13. The molecule has 1 heterocycles. The second-order valence-corrected chi connectivity index (χ2v) is 3.68. The van der Waals surface area contributed by atoms with Gasteiger partial charge in [-0.05, 0) is 12.1 Å². The van der Waals surface area contributed by atoms with Crippen LogP contribution in [0.5, 0.6) is 0 Å². The van der Waals surface area contributed by atoms with Gasteiger partial charge in [0.2, 0.25) is 0 Å². The van der Waals surface area contributed by atoms with Gasteiger partial charge in [0.05, 0.1) is 0 Å². The standard InChI is InChI=1S/C9H7NOS/c11-12-7-3-6-10-8-4-1-2-5-9(8)12/h1-7H. The number of aliphatic imine (C=N–C) groups is 1. The highest BCUT2D eigenvalue weighted by Gasteiger charge is 2.13. The molecule has 1 unspecified atom stereocenters. The summed E-state index contributed by atoms with van der Waals surface area (Å²) in [6, 6.07) is 7.44. The van der Waals surface area contributed by atoms with Crippen LogP contribution in [0.15, 0.2) is 45.6 Å². The molecule has 60 valence electrons. The molecule has 2 nitrogen and oxygen atoms in total. The molecule has 0 fully saturated rings. The van der Waals surface area contributed by atoms with E-state index in [9.17, 15) is 4.55 Å². The van der Waals surface area contributed by atoms with Gasteiger partial charge in [-0.15, -0.1) is 0 Å². The van der Waals surface area contributed by atoms with Crippen LogP contribution >= 0.6 is 0 Å². The summed E-state index contributed by atoms with van der Waals surface area (Å²) in [5, 5.41) is 1.63. The Morgan fingerprint density at radius 1 is 1.25 bits per heavy atom. The van der Waals surface area contributed by atoms with Crippen LogP contribution in [-0.2, 0) is 11.2 Å². The summed E-state index contributed by atoms with van der Waals surface area (Å²) in [6.45, 7) is 0. The third-order valence-corrected chi connectivity index (χ3v) is 2.77. The average Bonchev–Trinajstić information content (AvgIpc) is 2.29. The van der Waals surface area contributed by atoms with Crippen molar-refractivity contribution < 1.29 is 4.55 Å². The van der Waals surface area contributed by atoms with Gasteiger partial charge in [0.15, 0.2) is 4.90 Å². The summed E-state index contributed by atoms with van der Waals surface area (Å²) < 4.78 is 11.4. The van der Waals surface area contributed by atoms with Crippen LogP contribution in [-0.4, -0.2) is 10.8 Å². The predicted molar refractivity (Wildman–Crippen MR) is 50.1 cm³/mol. The third kappa shape index (κ3) is 1.29. The fourth-order valence-electron chi connectivity index (χ4n) is 1.04. The molecule has 12 heavy (non-hydrogen) atoms. The molecule has 1 aromatic carbocycles. The maximum absolute atomic E-state index is 11.4. The maximum atomic E-state index is 11.4. The van der Waals surface area contributed by atoms with Crippen molar-refractivity contribution in [1.82, 2.24) is 0 Å². The van der Waals surface area contributed by atoms with E-state index in [1.54, 1.807) is 17.7 Å². The molecular weight excluding hydrogens is 170 g/mol. The van der Waals surface area contributed by atoms with E-state index >= 15 is 0 Å². The molecule has 0 radical (unpaired) electrons. The number of fused-ring (bicyclic) bond motifs is 1. The summed E-state index contributed by atoms with van der Waals surface area (Å²) >= 11 is -1.04. The first-order valence-electron chi connectivity index (χ1n) is 3.58. The molecule has 1 aliphatic rings. The Balaban J connectivity index is 2.56. The van der Waals surface area contributed by atoms with E-state index in [0.29, 0.717) is 0 Å². The number of para-hydroxylation sites is 1. The van der Waals surface area contributed by atoms with Crippen LogP contribution in [0.2, 0.25) is 0 Å². The summed E-state index contributed by atoms with van der Waals surface area (Å²) in [7, 11) is 0. The maximum Gasteiger partial charge on any atom is 0.183 e. The molecule has 0 aromatic heterocycles. The lowest BCUT2D eigenvalue weighted by molar-refractivity contribution is 0.604. The van der Waals surface area contributed by atoms with Crippen LogP contribution in [0.1, 0.15) is 0 Å². The molecule has 2 rings (SSSR count). The molecule has 0 saturated carbocycles. The van der Waals surface area contributed by atoms with E-state index < -0.39 is 11.2 Å². The highest BCUT2D eigenvalue weighted by atomic mass is 32.2. The Kier molecular flexibility index (Phi) is 1.98. The van der Waals surface area contributed by atoms with Gasteiger partial charge in [-0.1, -0.05) is 12.1 Å². The number of nitrogens with zero attached hydrogens (tertiary/aromatic N) is 1. The smallest absolute Gasteiger partial charge is 0.183 e. The average molecular weight is 177 g/mol. The third-order valence-electron chi connectivity index (χ3n) is 1.58. The molecule has 0 saturated heterocycles. The highest BCUT2D eigenvalue weighted by Crippen LogP contribution is 2.26. The van der Waals surface area contributed by atoms with Gasteiger partial charge in [0.25, 0.3) is 0 Å². The number of hydrogen-bond acceptors (Lipinski definition) is 2. The lowest BCUT2D eigenvalue weighted by atomic mass is 10.3. The van der Waals surface area contributed by atoms with Crippen molar-refractivity contribution in [1.29, 1.82) is 0 Å². The zero-order chi connectivity index (χ0) is 8.39. The predicted octanol–water partition coefficient (Wildman–Crippen LogP) is 2.02. The molecule has 0 aliphatic carbocycles. The number of allylic oxidation sites excluding steroid dienone is 1. The molecule has 0 spiro atoms. The van der Waals surface area contributed by atoms with Crippen molar-refractivity contribution in [3.05, 3.63) is 35.7 Å². The summed E-state index contributed by atoms with van der Waals surface area (Å²) in [6.07, 6.45) is 3.36. The lowest BCUT2D eigenvalue weighted by Gasteiger charge is -2.04. The summed E-state index contributed by atoms with van der Waals surface area (Å²) in [5.41, 5.74) is 0.792. The largest absolute Gasteiger partial charge is 0.607 e. The van der Waals surface area contributed by atoms with Crippen LogP contribution in [0.4, 0.5) is 5.69 Å². The minimum atomic E-state index is -1.04. The zero-order valence-corrected chi connectivity index (χ0v) is 7.12. The van der Waals surface area contributed by atoms with Crippen molar-refractivity contribution in [3.63, 3.8) is 0 Å². The minimum Gasteiger partial charge on any atom is -0.607 e. The Morgan fingerprint density at radius 2 is 2.08 bits per heavy atom. The first kappa shape index (κ1) is 7.58. The number of hydrogen-bond donors (Lipinski definition) is 0. The zero-order valence-electron chi connectivity index (χ0n) is 6.31. The normalized spacial score (nSPS) is 20.2. The highest BCUT2D eigenvalue weighted by molar-refractivity contribution is 7.94. The molecule has 3 heteroatoms. The van der Waals surface area contributed by atoms with E-state index in [4.69, 9.17) is 0 Å². The molecule has 1 atom stereocenters. The van der Waals surface area contributed by atoms with E-state index in [1.807, 2.05) is 24.3 Å². The SMILES string of the molecule is [O-][S+]1C=CC=Nc2ccccc21. The first-order chi connectivity index (χ1) is 5.88. The first-order valence-corrected chi connectivity index (χ1v) is 4.80. The van der Waals surface area contributed by atoms with E-state index in [0.717, 1.165) is 10.6 Å². The van der Waals surface area contributed by atoms with Crippen molar-refractivity contribution in [2.24, 2.45) is 4.99 Å². The second-order valence-electron chi connectivity index (χ2n) is 2.37. The van der Waals surface area contributed by atoms with Crippen LogP contribution in [0.3, 0.4) is 0 Å². The van der Waals surface area contributed by atoms with Crippen LogP contribution in [0.25, 0.3) is 0 Å². The Hall–Kier alpha value is -1.06.